The molecule has 1 saturated heterocycles. The monoisotopic (exact) mass is 273 g/mol. The predicted octanol–water partition coefficient (Wildman–Crippen LogP) is 1.66. The first-order valence-corrected chi connectivity index (χ1v) is 6.94. The number of hydrogen-bond acceptors (Lipinski definition) is 5. The number of benzene rings is 1. The Morgan fingerprint density at radius 3 is 3.15 bits per heavy atom. The Hall–Kier alpha value is -1.95. The van der Waals surface area contributed by atoms with Crippen LogP contribution in [-0.4, -0.2) is 33.4 Å². The maximum Gasteiger partial charge on any atom is 0.182 e. The third-order valence-corrected chi connectivity index (χ3v) is 3.81. The largest absolute Gasteiger partial charge is 0.399 e. The molecule has 2 aromatic rings. The summed E-state index contributed by atoms with van der Waals surface area (Å²) in [6.07, 6.45) is 2.17. The third kappa shape index (κ3) is 2.65. The van der Waals surface area contributed by atoms with Gasteiger partial charge in [-0.25, -0.2) is 4.68 Å². The van der Waals surface area contributed by atoms with Gasteiger partial charge < -0.3 is 10.5 Å². The molecule has 6 heteroatoms. The maximum absolute atomic E-state index is 5.86. The molecule has 0 bridgehead atoms. The Kier molecular flexibility index (Phi) is 3.64. The topological polar surface area (TPSA) is 78.9 Å². The molecule has 0 amide bonds. The average Bonchev–Trinajstić information content (AvgIpc) is 3.09. The van der Waals surface area contributed by atoms with Gasteiger partial charge >= 0.3 is 0 Å². The van der Waals surface area contributed by atoms with Gasteiger partial charge in [0.15, 0.2) is 5.82 Å². The molecular weight excluding hydrogens is 254 g/mol. The van der Waals surface area contributed by atoms with E-state index in [0.29, 0.717) is 5.92 Å². The molecule has 1 atom stereocenters. The Morgan fingerprint density at radius 2 is 2.35 bits per heavy atom. The molecule has 2 heterocycles. The van der Waals surface area contributed by atoms with Gasteiger partial charge in [0, 0.05) is 31.0 Å². The molecular formula is C14H19N5O. The molecule has 0 saturated carbocycles. The lowest BCUT2D eigenvalue weighted by Gasteiger charge is -2.10. The molecule has 1 aromatic heterocycles. The first-order chi connectivity index (χ1) is 9.74. The lowest BCUT2D eigenvalue weighted by atomic mass is 10.0. The van der Waals surface area contributed by atoms with Crippen LogP contribution in [0.4, 0.5) is 5.69 Å². The van der Waals surface area contributed by atoms with Crippen molar-refractivity contribution in [3.8, 4) is 11.4 Å². The van der Waals surface area contributed by atoms with Gasteiger partial charge in [-0.2, -0.15) is 0 Å². The van der Waals surface area contributed by atoms with Gasteiger partial charge in [0.05, 0.1) is 0 Å². The summed E-state index contributed by atoms with van der Waals surface area (Å²) in [5, 5.41) is 12.1. The van der Waals surface area contributed by atoms with E-state index in [0.717, 1.165) is 55.2 Å². The summed E-state index contributed by atoms with van der Waals surface area (Å²) in [7, 11) is 0. The van der Waals surface area contributed by atoms with E-state index >= 15 is 0 Å². The Labute approximate surface area is 117 Å². The summed E-state index contributed by atoms with van der Waals surface area (Å²) in [6.45, 7) is 4.58. The number of aromatic nitrogens is 4. The second-order valence-electron chi connectivity index (χ2n) is 5.32. The van der Waals surface area contributed by atoms with E-state index in [-0.39, 0.29) is 0 Å². The van der Waals surface area contributed by atoms with Gasteiger partial charge in [-0.15, -0.1) is 5.10 Å². The fraction of sp³-hybridized carbons (Fsp3) is 0.500. The van der Waals surface area contributed by atoms with Crippen molar-refractivity contribution >= 4 is 5.69 Å². The molecule has 20 heavy (non-hydrogen) atoms. The summed E-state index contributed by atoms with van der Waals surface area (Å²) in [4.78, 5) is 0. The van der Waals surface area contributed by atoms with Crippen molar-refractivity contribution < 1.29 is 4.74 Å². The van der Waals surface area contributed by atoms with Crippen LogP contribution in [0.25, 0.3) is 11.4 Å². The van der Waals surface area contributed by atoms with Crippen molar-refractivity contribution in [2.45, 2.75) is 26.3 Å². The lowest BCUT2D eigenvalue weighted by molar-refractivity contribution is 0.183. The van der Waals surface area contributed by atoms with Gasteiger partial charge in [-0.3, -0.25) is 0 Å². The van der Waals surface area contributed by atoms with E-state index in [4.69, 9.17) is 10.5 Å². The van der Waals surface area contributed by atoms with Crippen LogP contribution in [0.15, 0.2) is 18.2 Å². The van der Waals surface area contributed by atoms with Gasteiger partial charge in [0.2, 0.25) is 0 Å². The number of ether oxygens (including phenoxy) is 1. The van der Waals surface area contributed by atoms with E-state index in [2.05, 4.69) is 15.5 Å². The molecule has 1 fully saturated rings. The SMILES string of the molecule is Cc1ccc(N)cc1-c1nnnn1CCC1CCOC1. The minimum absolute atomic E-state index is 0.619. The van der Waals surface area contributed by atoms with Gasteiger partial charge in [-0.1, -0.05) is 6.07 Å². The molecule has 0 aliphatic carbocycles. The lowest BCUT2D eigenvalue weighted by Crippen LogP contribution is -2.09. The molecule has 6 nitrogen and oxygen atoms in total. The zero-order valence-corrected chi connectivity index (χ0v) is 11.6. The Bertz CT molecular complexity index is 589. The highest BCUT2D eigenvalue weighted by atomic mass is 16.5. The minimum Gasteiger partial charge on any atom is -0.399 e. The van der Waals surface area contributed by atoms with E-state index < -0.39 is 0 Å². The molecule has 3 rings (SSSR count). The quantitative estimate of drug-likeness (QED) is 0.857. The van der Waals surface area contributed by atoms with Crippen LogP contribution in [-0.2, 0) is 11.3 Å². The highest BCUT2D eigenvalue weighted by molar-refractivity contribution is 5.65. The maximum atomic E-state index is 5.86. The van der Waals surface area contributed by atoms with Crippen molar-refractivity contribution in [3.63, 3.8) is 0 Å². The first-order valence-electron chi connectivity index (χ1n) is 6.94. The zero-order chi connectivity index (χ0) is 13.9. The van der Waals surface area contributed by atoms with Crippen LogP contribution < -0.4 is 5.73 Å². The van der Waals surface area contributed by atoms with Crippen LogP contribution in [0.3, 0.4) is 0 Å². The van der Waals surface area contributed by atoms with Crippen molar-refractivity contribution in [3.05, 3.63) is 23.8 Å². The second kappa shape index (κ2) is 5.58. The van der Waals surface area contributed by atoms with Gasteiger partial charge in [0.25, 0.3) is 0 Å². The predicted molar refractivity (Wildman–Crippen MR) is 75.9 cm³/mol. The van der Waals surface area contributed by atoms with Crippen LogP contribution in [0.5, 0.6) is 0 Å². The van der Waals surface area contributed by atoms with Gasteiger partial charge in [0.1, 0.15) is 0 Å². The Balaban J connectivity index is 1.80. The molecule has 1 aliphatic heterocycles. The normalized spacial score (nSPS) is 18.6. The summed E-state index contributed by atoms with van der Waals surface area (Å²) < 4.78 is 7.26. The van der Waals surface area contributed by atoms with Crippen LogP contribution in [0, 0.1) is 12.8 Å². The fourth-order valence-corrected chi connectivity index (χ4v) is 2.54. The number of tetrazole rings is 1. The fourth-order valence-electron chi connectivity index (χ4n) is 2.54. The van der Waals surface area contributed by atoms with Crippen LogP contribution >= 0.6 is 0 Å². The van der Waals surface area contributed by atoms with Crippen LogP contribution in [0.2, 0.25) is 0 Å². The van der Waals surface area contributed by atoms with Crippen molar-refractivity contribution in [2.24, 2.45) is 5.92 Å². The van der Waals surface area contributed by atoms with E-state index in [1.54, 1.807) is 0 Å². The summed E-state index contributed by atoms with van der Waals surface area (Å²) in [5.41, 5.74) is 8.71. The number of rotatable bonds is 4. The highest BCUT2D eigenvalue weighted by Gasteiger charge is 2.17. The smallest absolute Gasteiger partial charge is 0.182 e. The number of nitrogens with zero attached hydrogens (tertiary/aromatic N) is 4. The number of anilines is 1. The molecule has 0 spiro atoms. The average molecular weight is 273 g/mol. The minimum atomic E-state index is 0.619. The number of aryl methyl sites for hydroxylation is 2. The molecule has 1 unspecified atom stereocenters. The number of nitrogen functional groups attached to an aromatic ring is 1. The molecule has 2 N–H and O–H groups in total. The first kappa shape index (κ1) is 13.1. The summed E-state index contributed by atoms with van der Waals surface area (Å²) in [5.74, 6) is 1.41. The van der Waals surface area contributed by atoms with E-state index in [1.165, 1.54) is 0 Å². The van der Waals surface area contributed by atoms with E-state index in [9.17, 15) is 0 Å². The van der Waals surface area contributed by atoms with E-state index in [1.807, 2.05) is 29.8 Å². The third-order valence-electron chi connectivity index (χ3n) is 3.81. The molecule has 106 valence electrons. The second-order valence-corrected chi connectivity index (χ2v) is 5.32. The Morgan fingerprint density at radius 1 is 1.45 bits per heavy atom. The molecule has 1 aliphatic rings. The van der Waals surface area contributed by atoms with Crippen LogP contribution in [0.1, 0.15) is 18.4 Å². The highest BCUT2D eigenvalue weighted by Crippen LogP contribution is 2.24. The molecule has 0 radical (unpaired) electrons. The standard InChI is InChI=1S/C14H19N5O/c1-10-2-3-12(15)8-13(10)14-16-17-18-19(14)6-4-11-5-7-20-9-11/h2-3,8,11H,4-7,9,15H2,1H3. The van der Waals surface area contributed by atoms with Crippen molar-refractivity contribution in [2.75, 3.05) is 18.9 Å². The zero-order valence-electron chi connectivity index (χ0n) is 11.6. The number of hydrogen-bond donors (Lipinski definition) is 1. The van der Waals surface area contributed by atoms with Gasteiger partial charge in [-0.05, 0) is 53.8 Å². The van der Waals surface area contributed by atoms with Crippen molar-refractivity contribution in [1.29, 1.82) is 0 Å². The summed E-state index contributed by atoms with van der Waals surface area (Å²) in [6, 6.07) is 5.81. The number of nitrogens with two attached hydrogens (primary N) is 1. The van der Waals surface area contributed by atoms with Crippen molar-refractivity contribution in [1.82, 2.24) is 20.2 Å². The summed E-state index contributed by atoms with van der Waals surface area (Å²) >= 11 is 0. The molecule has 1 aromatic carbocycles.